The number of nitrogens with zero attached hydrogens (tertiary/aromatic N) is 3. The van der Waals surface area contributed by atoms with Crippen LogP contribution in [-0.4, -0.2) is 20.8 Å². The Kier molecular flexibility index (Phi) is 4.42. The maximum absolute atomic E-state index is 12.2. The molecule has 0 bridgehead atoms. The minimum atomic E-state index is -0.164. The van der Waals surface area contributed by atoms with Gasteiger partial charge in [-0.05, 0) is 23.8 Å². The SMILES string of the molecule is CC(C)[C@@H](NC(=O)NCc1nnc2n1CCC2)c1cccs1. The Balaban J connectivity index is 1.57. The van der Waals surface area contributed by atoms with E-state index >= 15 is 0 Å². The van der Waals surface area contributed by atoms with Crippen LogP contribution in [0, 0.1) is 5.92 Å². The van der Waals surface area contributed by atoms with Gasteiger partial charge in [0.25, 0.3) is 0 Å². The lowest BCUT2D eigenvalue weighted by Crippen LogP contribution is -2.39. The van der Waals surface area contributed by atoms with Crippen LogP contribution < -0.4 is 10.6 Å². The lowest BCUT2D eigenvalue weighted by Gasteiger charge is -2.21. The Bertz CT molecular complexity index is 634. The second kappa shape index (κ2) is 6.48. The molecule has 3 heterocycles. The quantitative estimate of drug-likeness (QED) is 0.889. The van der Waals surface area contributed by atoms with Crippen LogP contribution in [0.3, 0.4) is 0 Å². The van der Waals surface area contributed by atoms with Crippen molar-refractivity contribution in [1.82, 2.24) is 25.4 Å². The average Bonchev–Trinajstić information content (AvgIpc) is 3.19. The van der Waals surface area contributed by atoms with Gasteiger partial charge < -0.3 is 15.2 Å². The number of aryl methyl sites for hydroxylation is 1. The molecule has 2 aromatic heterocycles. The number of hydrogen-bond acceptors (Lipinski definition) is 4. The predicted octanol–water partition coefficient (Wildman–Crippen LogP) is 2.48. The van der Waals surface area contributed by atoms with Crippen LogP contribution in [0.5, 0.6) is 0 Å². The van der Waals surface area contributed by atoms with Crippen LogP contribution in [0.1, 0.15) is 42.8 Å². The van der Waals surface area contributed by atoms with Gasteiger partial charge in [-0.15, -0.1) is 21.5 Å². The number of fused-ring (bicyclic) bond motifs is 1. The van der Waals surface area contributed by atoms with Crippen LogP contribution in [0.4, 0.5) is 4.79 Å². The number of rotatable bonds is 5. The van der Waals surface area contributed by atoms with Crippen LogP contribution in [0.25, 0.3) is 0 Å². The number of amides is 2. The van der Waals surface area contributed by atoms with E-state index in [1.54, 1.807) is 11.3 Å². The van der Waals surface area contributed by atoms with Gasteiger partial charge >= 0.3 is 6.03 Å². The van der Waals surface area contributed by atoms with E-state index in [1.165, 1.54) is 4.88 Å². The van der Waals surface area contributed by atoms with Gasteiger partial charge in [0.05, 0.1) is 12.6 Å². The third-order valence-corrected chi connectivity index (χ3v) is 4.85. The van der Waals surface area contributed by atoms with Crippen molar-refractivity contribution in [2.45, 2.75) is 45.8 Å². The molecule has 0 aromatic carbocycles. The molecule has 0 saturated carbocycles. The molecule has 0 fully saturated rings. The largest absolute Gasteiger partial charge is 0.331 e. The Morgan fingerprint density at radius 2 is 2.32 bits per heavy atom. The van der Waals surface area contributed by atoms with E-state index in [-0.39, 0.29) is 12.1 Å². The molecule has 1 aliphatic heterocycles. The van der Waals surface area contributed by atoms with Gasteiger partial charge in [0.1, 0.15) is 5.82 Å². The third kappa shape index (κ3) is 3.14. The van der Waals surface area contributed by atoms with E-state index in [0.29, 0.717) is 12.5 Å². The molecule has 0 radical (unpaired) electrons. The molecule has 2 aromatic rings. The first-order valence-corrected chi connectivity index (χ1v) is 8.52. The molecule has 6 nitrogen and oxygen atoms in total. The lowest BCUT2D eigenvalue weighted by molar-refractivity contribution is 0.232. The monoisotopic (exact) mass is 319 g/mol. The normalized spacial score (nSPS) is 14.9. The fourth-order valence-corrected chi connectivity index (χ4v) is 3.68. The summed E-state index contributed by atoms with van der Waals surface area (Å²) in [5, 5.41) is 16.3. The van der Waals surface area contributed by atoms with Crippen molar-refractivity contribution in [3.63, 3.8) is 0 Å². The van der Waals surface area contributed by atoms with Gasteiger partial charge in [-0.25, -0.2) is 4.79 Å². The van der Waals surface area contributed by atoms with Crippen LogP contribution >= 0.6 is 11.3 Å². The van der Waals surface area contributed by atoms with Crippen molar-refractivity contribution in [3.8, 4) is 0 Å². The fourth-order valence-electron chi connectivity index (χ4n) is 2.73. The zero-order chi connectivity index (χ0) is 15.5. The van der Waals surface area contributed by atoms with Crippen molar-refractivity contribution < 1.29 is 4.79 Å². The van der Waals surface area contributed by atoms with Gasteiger partial charge in [-0.3, -0.25) is 0 Å². The first-order valence-electron chi connectivity index (χ1n) is 7.64. The molecule has 7 heteroatoms. The van der Waals surface area contributed by atoms with E-state index in [2.05, 4.69) is 45.3 Å². The highest BCUT2D eigenvalue weighted by atomic mass is 32.1. The Morgan fingerprint density at radius 3 is 3.05 bits per heavy atom. The standard InChI is InChI=1S/C15H21N5OS/c1-10(2)14(11-5-4-8-22-11)17-15(21)16-9-13-19-18-12-6-3-7-20(12)13/h4-5,8,10,14H,3,6-7,9H2,1-2H3,(H2,16,17,21)/t14-/m1/s1. The van der Waals surface area contributed by atoms with Gasteiger partial charge in [0.15, 0.2) is 5.82 Å². The van der Waals surface area contributed by atoms with Crippen molar-refractivity contribution >= 4 is 17.4 Å². The topological polar surface area (TPSA) is 71.8 Å². The molecule has 0 spiro atoms. The summed E-state index contributed by atoms with van der Waals surface area (Å²) in [4.78, 5) is 13.3. The highest BCUT2D eigenvalue weighted by Gasteiger charge is 2.20. The number of carbonyl (C=O) groups is 1. The Hall–Kier alpha value is -1.89. The molecule has 118 valence electrons. The van der Waals surface area contributed by atoms with Crippen LogP contribution in [-0.2, 0) is 19.5 Å². The van der Waals surface area contributed by atoms with Gasteiger partial charge in [0, 0.05) is 17.8 Å². The summed E-state index contributed by atoms with van der Waals surface area (Å²) in [6.07, 6.45) is 2.09. The van der Waals surface area contributed by atoms with E-state index in [4.69, 9.17) is 0 Å². The number of nitrogens with one attached hydrogen (secondary N) is 2. The molecule has 2 amide bonds. The van der Waals surface area contributed by atoms with E-state index in [0.717, 1.165) is 31.0 Å². The van der Waals surface area contributed by atoms with E-state index in [9.17, 15) is 4.79 Å². The van der Waals surface area contributed by atoms with Crippen LogP contribution in [0.2, 0.25) is 0 Å². The van der Waals surface area contributed by atoms with Gasteiger partial charge in [0.2, 0.25) is 0 Å². The van der Waals surface area contributed by atoms with Crippen LogP contribution in [0.15, 0.2) is 17.5 Å². The lowest BCUT2D eigenvalue weighted by atomic mass is 10.0. The molecular weight excluding hydrogens is 298 g/mol. The second-order valence-corrected chi connectivity index (χ2v) is 6.83. The molecule has 1 aliphatic rings. The van der Waals surface area contributed by atoms with E-state index in [1.807, 2.05) is 11.4 Å². The number of thiophene rings is 1. The number of urea groups is 1. The number of hydrogen-bond donors (Lipinski definition) is 2. The number of carbonyl (C=O) groups excluding carboxylic acids is 1. The average molecular weight is 319 g/mol. The molecule has 22 heavy (non-hydrogen) atoms. The predicted molar refractivity (Wildman–Crippen MR) is 85.6 cm³/mol. The molecule has 2 N–H and O–H groups in total. The molecule has 0 unspecified atom stereocenters. The smallest absolute Gasteiger partial charge is 0.315 e. The molecular formula is C15H21N5OS. The molecule has 3 rings (SSSR count). The van der Waals surface area contributed by atoms with E-state index < -0.39 is 0 Å². The molecule has 1 atom stereocenters. The number of aromatic nitrogens is 3. The maximum atomic E-state index is 12.2. The first kappa shape index (κ1) is 15.0. The Morgan fingerprint density at radius 1 is 1.45 bits per heavy atom. The second-order valence-electron chi connectivity index (χ2n) is 5.85. The highest BCUT2D eigenvalue weighted by Crippen LogP contribution is 2.25. The summed E-state index contributed by atoms with van der Waals surface area (Å²) in [7, 11) is 0. The fraction of sp³-hybridized carbons (Fsp3) is 0.533. The maximum Gasteiger partial charge on any atom is 0.315 e. The summed E-state index contributed by atoms with van der Waals surface area (Å²) in [6.45, 7) is 5.57. The minimum Gasteiger partial charge on any atom is -0.331 e. The van der Waals surface area contributed by atoms with Gasteiger partial charge in [-0.1, -0.05) is 19.9 Å². The summed E-state index contributed by atoms with van der Waals surface area (Å²) in [5.41, 5.74) is 0. The minimum absolute atomic E-state index is 0.0316. The highest BCUT2D eigenvalue weighted by molar-refractivity contribution is 7.10. The first-order chi connectivity index (χ1) is 10.6. The van der Waals surface area contributed by atoms with Crippen molar-refractivity contribution in [2.24, 2.45) is 5.92 Å². The summed E-state index contributed by atoms with van der Waals surface area (Å²) in [5.74, 6) is 2.19. The summed E-state index contributed by atoms with van der Waals surface area (Å²) >= 11 is 1.66. The summed E-state index contributed by atoms with van der Waals surface area (Å²) < 4.78 is 2.10. The Labute approximate surface area is 133 Å². The summed E-state index contributed by atoms with van der Waals surface area (Å²) in [6, 6.07) is 3.93. The zero-order valence-corrected chi connectivity index (χ0v) is 13.7. The van der Waals surface area contributed by atoms with Crippen molar-refractivity contribution in [3.05, 3.63) is 34.0 Å². The third-order valence-electron chi connectivity index (χ3n) is 3.90. The van der Waals surface area contributed by atoms with Crippen molar-refractivity contribution in [1.29, 1.82) is 0 Å². The van der Waals surface area contributed by atoms with Crippen molar-refractivity contribution in [2.75, 3.05) is 0 Å². The van der Waals surface area contributed by atoms with Gasteiger partial charge in [-0.2, -0.15) is 0 Å². The molecule has 0 aliphatic carbocycles. The molecule has 0 saturated heterocycles. The zero-order valence-electron chi connectivity index (χ0n) is 12.9.